The van der Waals surface area contributed by atoms with E-state index in [4.69, 9.17) is 21.1 Å². The molecular weight excluding hydrogens is 464 g/mol. The number of amides is 1. The van der Waals surface area contributed by atoms with Crippen molar-refractivity contribution in [2.24, 2.45) is 4.99 Å². The Balaban J connectivity index is 2.20. The van der Waals surface area contributed by atoms with Gasteiger partial charge in [0.25, 0.3) is 5.91 Å². The summed E-state index contributed by atoms with van der Waals surface area (Å²) in [5.41, 5.74) is 0.710. The second-order valence-corrected chi connectivity index (χ2v) is 9.90. The topological polar surface area (TPSA) is 104 Å². The van der Waals surface area contributed by atoms with Gasteiger partial charge in [-0.15, -0.1) is 0 Å². The van der Waals surface area contributed by atoms with Crippen LogP contribution in [0.4, 0.5) is 0 Å². The molecule has 0 spiro atoms. The number of rotatable bonds is 6. The Hall–Kier alpha value is -2.69. The van der Waals surface area contributed by atoms with Crippen molar-refractivity contribution in [1.82, 2.24) is 4.57 Å². The molecule has 0 N–H and O–H groups in total. The third-order valence-corrected chi connectivity index (χ3v) is 6.65. The van der Waals surface area contributed by atoms with E-state index in [0.29, 0.717) is 21.0 Å². The summed E-state index contributed by atoms with van der Waals surface area (Å²) in [6, 6.07) is 9.09. The summed E-state index contributed by atoms with van der Waals surface area (Å²) < 4.78 is 36.1. The number of thiazole rings is 1. The lowest BCUT2D eigenvalue weighted by Gasteiger charge is -2.07. The van der Waals surface area contributed by atoms with E-state index in [1.807, 2.05) is 0 Å². The Bertz CT molecular complexity index is 1340. The molecule has 31 heavy (non-hydrogen) atoms. The summed E-state index contributed by atoms with van der Waals surface area (Å²) in [5, 5.41) is 0.341. The largest absolute Gasteiger partial charge is 0.496 e. The summed E-state index contributed by atoms with van der Waals surface area (Å²) >= 11 is 7.09. The molecule has 0 atom stereocenters. The zero-order valence-electron chi connectivity index (χ0n) is 16.9. The molecule has 1 heterocycles. The van der Waals surface area contributed by atoms with E-state index in [9.17, 15) is 18.0 Å². The van der Waals surface area contributed by atoms with Gasteiger partial charge in [0.05, 0.1) is 34.4 Å². The van der Waals surface area contributed by atoms with Crippen molar-refractivity contribution in [2.45, 2.75) is 18.4 Å². The zero-order chi connectivity index (χ0) is 22.8. The van der Waals surface area contributed by atoms with Gasteiger partial charge in [0.2, 0.25) is 0 Å². The normalized spacial score (nSPS) is 12.2. The average molecular weight is 483 g/mol. The van der Waals surface area contributed by atoms with Gasteiger partial charge in [0, 0.05) is 11.3 Å². The Kier molecular flexibility index (Phi) is 6.83. The molecule has 0 unspecified atom stereocenters. The van der Waals surface area contributed by atoms with E-state index < -0.39 is 21.7 Å². The highest BCUT2D eigenvalue weighted by molar-refractivity contribution is 7.90. The summed E-state index contributed by atoms with van der Waals surface area (Å²) in [6.45, 7) is 1.70. The van der Waals surface area contributed by atoms with E-state index in [0.717, 1.165) is 17.6 Å². The minimum atomic E-state index is -3.43. The van der Waals surface area contributed by atoms with Crippen molar-refractivity contribution < 1.29 is 27.5 Å². The van der Waals surface area contributed by atoms with Gasteiger partial charge in [-0.05, 0) is 43.3 Å². The molecular formula is C20H19ClN2O6S2. The number of carbonyl (C=O) groups is 2. The van der Waals surface area contributed by atoms with Crippen LogP contribution in [-0.2, 0) is 25.9 Å². The van der Waals surface area contributed by atoms with Crippen LogP contribution in [0.3, 0.4) is 0 Å². The van der Waals surface area contributed by atoms with E-state index >= 15 is 0 Å². The number of methoxy groups -OCH3 is 1. The van der Waals surface area contributed by atoms with Crippen molar-refractivity contribution >= 4 is 54.9 Å². The van der Waals surface area contributed by atoms with Crippen LogP contribution in [-0.4, -0.2) is 44.8 Å². The van der Waals surface area contributed by atoms with E-state index in [-0.39, 0.29) is 28.4 Å². The molecule has 164 valence electrons. The van der Waals surface area contributed by atoms with Gasteiger partial charge in [-0.25, -0.2) is 8.42 Å². The molecule has 1 aromatic heterocycles. The summed E-state index contributed by atoms with van der Waals surface area (Å²) in [6.07, 6.45) is 1.11. The molecule has 0 fully saturated rings. The maximum Gasteiger partial charge on any atom is 0.326 e. The van der Waals surface area contributed by atoms with Gasteiger partial charge in [-0.1, -0.05) is 22.9 Å². The zero-order valence-corrected chi connectivity index (χ0v) is 19.3. The predicted molar refractivity (Wildman–Crippen MR) is 117 cm³/mol. The smallest absolute Gasteiger partial charge is 0.326 e. The first kappa shape index (κ1) is 23.0. The highest BCUT2D eigenvalue weighted by atomic mass is 35.5. The fraction of sp³-hybridized carbons (Fsp3) is 0.250. The third kappa shape index (κ3) is 5.15. The fourth-order valence-corrected chi connectivity index (χ4v) is 4.81. The Morgan fingerprint density at radius 2 is 1.94 bits per heavy atom. The molecule has 0 aliphatic carbocycles. The van der Waals surface area contributed by atoms with Crippen LogP contribution < -0.4 is 9.54 Å². The highest BCUT2D eigenvalue weighted by Crippen LogP contribution is 2.25. The van der Waals surface area contributed by atoms with Crippen LogP contribution >= 0.6 is 22.9 Å². The fourth-order valence-electron chi connectivity index (χ4n) is 2.85. The van der Waals surface area contributed by atoms with Gasteiger partial charge in [-0.3, -0.25) is 9.59 Å². The quantitative estimate of drug-likeness (QED) is 0.500. The van der Waals surface area contributed by atoms with Gasteiger partial charge in [0.15, 0.2) is 14.6 Å². The Morgan fingerprint density at radius 1 is 1.19 bits per heavy atom. The van der Waals surface area contributed by atoms with Gasteiger partial charge in [0.1, 0.15) is 12.3 Å². The number of hydrogen-bond donors (Lipinski definition) is 0. The number of aromatic nitrogens is 1. The molecule has 2 aromatic carbocycles. The monoisotopic (exact) mass is 482 g/mol. The molecule has 0 radical (unpaired) electrons. The SMILES string of the molecule is CCOC(=O)Cn1c(=NC(=O)c2cc(Cl)ccc2OC)sc2cc(S(C)(=O)=O)ccc21. The van der Waals surface area contributed by atoms with Crippen LogP contribution in [0.1, 0.15) is 17.3 Å². The number of hydrogen-bond acceptors (Lipinski definition) is 7. The molecule has 8 nitrogen and oxygen atoms in total. The number of benzene rings is 2. The van der Waals surface area contributed by atoms with E-state index in [1.54, 1.807) is 25.1 Å². The second kappa shape index (κ2) is 9.21. The van der Waals surface area contributed by atoms with Gasteiger partial charge >= 0.3 is 5.97 Å². The number of fused-ring (bicyclic) bond motifs is 1. The molecule has 1 amide bonds. The first-order chi connectivity index (χ1) is 14.6. The van der Waals surface area contributed by atoms with Crippen LogP contribution in [0, 0.1) is 0 Å². The summed E-state index contributed by atoms with van der Waals surface area (Å²) in [4.78, 5) is 29.5. The van der Waals surface area contributed by atoms with E-state index in [1.165, 1.54) is 29.9 Å². The maximum absolute atomic E-state index is 12.9. The van der Waals surface area contributed by atoms with Crippen molar-refractivity contribution in [3.05, 3.63) is 51.8 Å². The van der Waals surface area contributed by atoms with E-state index in [2.05, 4.69) is 4.99 Å². The van der Waals surface area contributed by atoms with Crippen LogP contribution in [0.2, 0.25) is 5.02 Å². The molecule has 0 aliphatic rings. The molecule has 11 heteroatoms. The lowest BCUT2D eigenvalue weighted by molar-refractivity contribution is -0.143. The number of esters is 1. The molecule has 3 aromatic rings. The standard InChI is InChI=1S/C20H19ClN2O6S2/c1-4-29-18(24)11-23-15-7-6-13(31(3,26)27)10-17(15)30-20(23)22-19(25)14-9-12(21)5-8-16(14)28-2/h5-10H,4,11H2,1-3H3. The van der Waals surface area contributed by atoms with Crippen LogP contribution in [0.25, 0.3) is 10.2 Å². The third-order valence-electron chi connectivity index (χ3n) is 4.26. The summed E-state index contributed by atoms with van der Waals surface area (Å²) in [5.74, 6) is -0.828. The van der Waals surface area contributed by atoms with Crippen LogP contribution in [0.5, 0.6) is 5.75 Å². The van der Waals surface area contributed by atoms with Gasteiger partial charge < -0.3 is 14.0 Å². The second-order valence-electron chi connectivity index (χ2n) is 6.44. The number of sulfone groups is 1. The number of ether oxygens (including phenoxy) is 2. The molecule has 0 saturated carbocycles. The van der Waals surface area contributed by atoms with Crippen LogP contribution in [0.15, 0.2) is 46.3 Å². The lowest BCUT2D eigenvalue weighted by atomic mass is 10.2. The molecule has 3 rings (SSSR count). The number of nitrogens with zero attached hydrogens (tertiary/aromatic N) is 2. The molecule has 0 bridgehead atoms. The van der Waals surface area contributed by atoms with Crippen molar-refractivity contribution in [3.63, 3.8) is 0 Å². The maximum atomic E-state index is 12.9. The average Bonchev–Trinajstić information content (AvgIpc) is 3.03. The predicted octanol–water partition coefficient (Wildman–Crippen LogP) is 3.07. The minimum Gasteiger partial charge on any atom is -0.496 e. The first-order valence-electron chi connectivity index (χ1n) is 9.05. The van der Waals surface area contributed by atoms with Crippen molar-refractivity contribution in [1.29, 1.82) is 0 Å². The lowest BCUT2D eigenvalue weighted by Crippen LogP contribution is -2.23. The number of carbonyl (C=O) groups excluding carboxylic acids is 2. The Labute approximate surface area is 187 Å². The number of halogens is 1. The summed E-state index contributed by atoms with van der Waals surface area (Å²) in [7, 11) is -2.01. The highest BCUT2D eigenvalue weighted by Gasteiger charge is 2.17. The van der Waals surface area contributed by atoms with Gasteiger partial charge in [-0.2, -0.15) is 4.99 Å². The Morgan fingerprint density at radius 3 is 2.58 bits per heavy atom. The molecule has 0 saturated heterocycles. The molecule has 0 aliphatic heterocycles. The van der Waals surface area contributed by atoms with Crippen molar-refractivity contribution in [2.75, 3.05) is 20.0 Å². The minimum absolute atomic E-state index is 0.124. The van der Waals surface area contributed by atoms with Crippen molar-refractivity contribution in [3.8, 4) is 5.75 Å². The first-order valence-corrected chi connectivity index (χ1v) is 12.1.